The third kappa shape index (κ3) is 3.37. The monoisotopic (exact) mass is 264 g/mol. The summed E-state index contributed by atoms with van der Waals surface area (Å²) in [6, 6.07) is 6.83. The topological polar surface area (TPSA) is 24.9 Å². The van der Waals surface area contributed by atoms with Gasteiger partial charge in [-0.2, -0.15) is 0 Å². The van der Waals surface area contributed by atoms with E-state index >= 15 is 0 Å². The van der Waals surface area contributed by atoms with E-state index < -0.39 is 0 Å². The normalized spacial score (nSPS) is 12.6. The van der Waals surface area contributed by atoms with Gasteiger partial charge in [-0.15, -0.1) is 11.3 Å². The summed E-state index contributed by atoms with van der Waals surface area (Å²) in [5.41, 5.74) is 1.09. The lowest BCUT2D eigenvalue weighted by atomic mass is 10.1. The Kier molecular flexibility index (Phi) is 4.44. The minimum Gasteiger partial charge on any atom is -0.305 e. The van der Waals surface area contributed by atoms with Crippen molar-refractivity contribution in [2.24, 2.45) is 0 Å². The van der Waals surface area contributed by atoms with Gasteiger partial charge in [-0.3, -0.25) is 0 Å². The smallest absolute Gasteiger partial charge is 0.123 e. The van der Waals surface area contributed by atoms with Crippen LogP contribution >= 0.6 is 11.3 Å². The van der Waals surface area contributed by atoms with Gasteiger partial charge in [-0.1, -0.05) is 19.1 Å². The van der Waals surface area contributed by atoms with Gasteiger partial charge in [0, 0.05) is 23.7 Å². The molecule has 0 radical (unpaired) electrons. The molecule has 1 aromatic carbocycles. The van der Waals surface area contributed by atoms with Crippen molar-refractivity contribution in [3.8, 4) is 0 Å². The zero-order valence-electron chi connectivity index (χ0n) is 10.6. The molecule has 0 saturated carbocycles. The first kappa shape index (κ1) is 13.2. The van der Waals surface area contributed by atoms with E-state index in [-0.39, 0.29) is 11.9 Å². The van der Waals surface area contributed by atoms with Crippen molar-refractivity contribution in [1.29, 1.82) is 0 Å². The van der Waals surface area contributed by atoms with Crippen molar-refractivity contribution < 1.29 is 4.39 Å². The number of nitrogens with zero attached hydrogens (tertiary/aromatic N) is 1. The van der Waals surface area contributed by atoms with E-state index in [1.807, 2.05) is 18.3 Å². The Labute approximate surface area is 111 Å². The van der Waals surface area contributed by atoms with Gasteiger partial charge in [0.2, 0.25) is 0 Å². The Hall–Kier alpha value is -1.26. The summed E-state index contributed by atoms with van der Waals surface area (Å²) >= 11 is 1.74. The summed E-state index contributed by atoms with van der Waals surface area (Å²) in [5.74, 6) is -0.194. The van der Waals surface area contributed by atoms with Gasteiger partial charge in [0.1, 0.15) is 5.82 Å². The van der Waals surface area contributed by atoms with Crippen LogP contribution in [0.1, 0.15) is 35.3 Å². The molecule has 0 aliphatic heterocycles. The van der Waals surface area contributed by atoms with Crippen molar-refractivity contribution in [2.75, 3.05) is 0 Å². The number of nitrogens with one attached hydrogen (secondary N) is 1. The summed E-state index contributed by atoms with van der Waals surface area (Å²) < 4.78 is 12.8. The van der Waals surface area contributed by atoms with E-state index in [1.54, 1.807) is 11.3 Å². The Morgan fingerprint density at radius 3 is 2.67 bits per heavy atom. The molecule has 96 valence electrons. The van der Waals surface area contributed by atoms with E-state index in [4.69, 9.17) is 0 Å². The highest BCUT2D eigenvalue weighted by Gasteiger charge is 2.06. The minimum absolute atomic E-state index is 0.194. The molecule has 1 aromatic heterocycles. The van der Waals surface area contributed by atoms with Gasteiger partial charge in [0.25, 0.3) is 0 Å². The molecule has 2 nitrogen and oxygen atoms in total. The summed E-state index contributed by atoms with van der Waals surface area (Å²) in [6.07, 6.45) is 2.91. The van der Waals surface area contributed by atoms with Crippen molar-refractivity contribution >= 4 is 11.3 Å². The molecule has 0 saturated heterocycles. The molecule has 1 atom stereocenters. The molecule has 0 aliphatic rings. The van der Waals surface area contributed by atoms with Crippen LogP contribution in [0, 0.1) is 5.82 Å². The van der Waals surface area contributed by atoms with Crippen molar-refractivity contribution in [2.45, 2.75) is 32.9 Å². The van der Waals surface area contributed by atoms with Crippen molar-refractivity contribution in [3.05, 3.63) is 51.7 Å². The lowest BCUT2D eigenvalue weighted by molar-refractivity contribution is 0.574. The molecule has 1 unspecified atom stereocenters. The Morgan fingerprint density at radius 2 is 2.06 bits per heavy atom. The van der Waals surface area contributed by atoms with Gasteiger partial charge < -0.3 is 5.32 Å². The molecule has 0 bridgehead atoms. The predicted octanol–water partition coefficient (Wildman–Crippen LogP) is 3.70. The maximum atomic E-state index is 12.8. The number of hydrogen-bond donors (Lipinski definition) is 1. The van der Waals surface area contributed by atoms with Crippen LogP contribution in [0.3, 0.4) is 0 Å². The Balaban J connectivity index is 1.91. The summed E-state index contributed by atoms with van der Waals surface area (Å²) in [5, 5.41) is 4.59. The van der Waals surface area contributed by atoms with Crippen LogP contribution in [0.2, 0.25) is 0 Å². The maximum absolute atomic E-state index is 12.8. The highest BCUT2D eigenvalue weighted by molar-refractivity contribution is 7.11. The molecule has 4 heteroatoms. The molecular formula is C14H17FN2S. The second kappa shape index (κ2) is 6.07. The standard InChI is InChI=1S/C14H17FN2S/c1-3-14-17-9-13(18-14)8-16-10(2)11-4-6-12(15)7-5-11/h4-7,9-10,16H,3,8H2,1-2H3. The fraction of sp³-hybridized carbons (Fsp3) is 0.357. The fourth-order valence-corrected chi connectivity index (χ4v) is 2.53. The van der Waals surface area contributed by atoms with Crippen LogP contribution in [-0.4, -0.2) is 4.98 Å². The number of aryl methyl sites for hydroxylation is 1. The fourth-order valence-electron chi connectivity index (χ4n) is 1.72. The molecule has 0 spiro atoms. The number of rotatable bonds is 5. The van der Waals surface area contributed by atoms with Gasteiger partial charge in [0.15, 0.2) is 0 Å². The first-order chi connectivity index (χ1) is 8.69. The highest BCUT2D eigenvalue weighted by Crippen LogP contribution is 2.16. The predicted molar refractivity (Wildman–Crippen MR) is 73.1 cm³/mol. The summed E-state index contributed by atoms with van der Waals surface area (Å²) in [4.78, 5) is 5.56. The minimum atomic E-state index is -0.194. The average molecular weight is 264 g/mol. The van der Waals surface area contributed by atoms with E-state index in [0.717, 1.165) is 18.5 Å². The van der Waals surface area contributed by atoms with Gasteiger partial charge in [-0.05, 0) is 31.0 Å². The van der Waals surface area contributed by atoms with Crippen molar-refractivity contribution in [3.63, 3.8) is 0 Å². The van der Waals surface area contributed by atoms with Gasteiger partial charge >= 0.3 is 0 Å². The molecule has 0 amide bonds. The van der Waals surface area contributed by atoms with Gasteiger partial charge in [0.05, 0.1) is 5.01 Å². The number of halogens is 1. The summed E-state index contributed by atoms with van der Waals surface area (Å²) in [6.45, 7) is 4.99. The quantitative estimate of drug-likeness (QED) is 0.890. The number of benzene rings is 1. The van der Waals surface area contributed by atoms with E-state index in [0.29, 0.717) is 0 Å². The zero-order chi connectivity index (χ0) is 13.0. The lowest BCUT2D eigenvalue weighted by Crippen LogP contribution is -2.17. The molecule has 1 N–H and O–H groups in total. The first-order valence-corrected chi connectivity index (χ1v) is 6.93. The average Bonchev–Trinajstić information content (AvgIpc) is 2.85. The number of aromatic nitrogens is 1. The van der Waals surface area contributed by atoms with Gasteiger partial charge in [-0.25, -0.2) is 9.37 Å². The van der Waals surface area contributed by atoms with Crippen LogP contribution in [-0.2, 0) is 13.0 Å². The van der Waals surface area contributed by atoms with Crippen LogP contribution < -0.4 is 5.32 Å². The first-order valence-electron chi connectivity index (χ1n) is 6.11. The molecular weight excluding hydrogens is 247 g/mol. The second-order valence-electron chi connectivity index (χ2n) is 4.23. The number of thiazole rings is 1. The van der Waals surface area contributed by atoms with Crippen LogP contribution in [0.25, 0.3) is 0 Å². The SMILES string of the molecule is CCc1ncc(CNC(C)c2ccc(F)cc2)s1. The Bertz CT molecular complexity index is 493. The van der Waals surface area contributed by atoms with Crippen LogP contribution in [0.4, 0.5) is 4.39 Å². The highest BCUT2D eigenvalue weighted by atomic mass is 32.1. The molecule has 2 rings (SSSR count). The summed E-state index contributed by atoms with van der Waals surface area (Å²) in [7, 11) is 0. The largest absolute Gasteiger partial charge is 0.305 e. The lowest BCUT2D eigenvalue weighted by Gasteiger charge is -2.13. The van der Waals surface area contributed by atoms with Crippen LogP contribution in [0.5, 0.6) is 0 Å². The van der Waals surface area contributed by atoms with Crippen molar-refractivity contribution in [1.82, 2.24) is 10.3 Å². The number of hydrogen-bond acceptors (Lipinski definition) is 3. The maximum Gasteiger partial charge on any atom is 0.123 e. The molecule has 2 aromatic rings. The molecule has 0 aliphatic carbocycles. The third-order valence-corrected chi connectivity index (χ3v) is 4.00. The second-order valence-corrected chi connectivity index (χ2v) is 5.43. The van der Waals surface area contributed by atoms with E-state index in [2.05, 4.69) is 24.1 Å². The molecule has 18 heavy (non-hydrogen) atoms. The van der Waals surface area contributed by atoms with E-state index in [9.17, 15) is 4.39 Å². The Morgan fingerprint density at radius 1 is 1.33 bits per heavy atom. The molecule has 0 fully saturated rings. The zero-order valence-corrected chi connectivity index (χ0v) is 11.4. The third-order valence-electron chi connectivity index (χ3n) is 2.86. The van der Waals surface area contributed by atoms with E-state index in [1.165, 1.54) is 22.0 Å². The molecule has 1 heterocycles. The van der Waals surface area contributed by atoms with Crippen LogP contribution in [0.15, 0.2) is 30.5 Å².